The number of rotatable bonds is 6. The summed E-state index contributed by atoms with van der Waals surface area (Å²) >= 11 is 3.54. The molecule has 0 saturated carbocycles. The van der Waals surface area contributed by atoms with E-state index in [9.17, 15) is 4.79 Å². The molecule has 1 amide bonds. The van der Waals surface area contributed by atoms with Crippen LogP contribution in [0.1, 0.15) is 40.5 Å². The minimum absolute atomic E-state index is 0.116. The number of halogens is 1. The van der Waals surface area contributed by atoms with Crippen LogP contribution < -0.4 is 5.32 Å². The number of hydrogen-bond donors (Lipinski definition) is 1. The fourth-order valence-electron chi connectivity index (χ4n) is 1.02. The molecule has 0 aliphatic rings. The number of carbonyl (C=O) groups is 1. The first kappa shape index (κ1) is 13.9. The molecule has 0 radical (unpaired) electrons. The Labute approximate surface area is 96.0 Å². The first-order valence-corrected chi connectivity index (χ1v) is 6.32. The third-order valence-electron chi connectivity index (χ3n) is 2.61. The normalized spacial score (nSPS) is 15.3. The summed E-state index contributed by atoms with van der Waals surface area (Å²) in [7, 11) is 0. The number of alkyl halides is 1. The summed E-state index contributed by atoms with van der Waals surface area (Å²) in [6.45, 7) is 9.04. The Bertz CT molecular complexity index is 171. The van der Waals surface area contributed by atoms with Gasteiger partial charge < -0.3 is 5.32 Å². The summed E-state index contributed by atoms with van der Waals surface area (Å²) in [6, 6.07) is 0. The predicted octanol–water partition coefficient (Wildman–Crippen LogP) is 2.96. The fraction of sp³-hybridized carbons (Fsp3) is 0.909. The topological polar surface area (TPSA) is 29.1 Å². The van der Waals surface area contributed by atoms with Gasteiger partial charge in [0.2, 0.25) is 5.91 Å². The molecule has 2 atom stereocenters. The molecule has 0 aliphatic heterocycles. The van der Waals surface area contributed by atoms with Crippen molar-refractivity contribution < 1.29 is 4.79 Å². The lowest BCUT2D eigenvalue weighted by Gasteiger charge is -2.15. The van der Waals surface area contributed by atoms with Crippen molar-refractivity contribution >= 4 is 21.8 Å². The van der Waals surface area contributed by atoms with E-state index in [1.54, 1.807) is 0 Å². The molecule has 84 valence electrons. The minimum atomic E-state index is 0.116. The molecule has 2 unspecified atom stereocenters. The lowest BCUT2D eigenvalue weighted by Crippen LogP contribution is -2.33. The second-order valence-electron chi connectivity index (χ2n) is 4.12. The van der Waals surface area contributed by atoms with Gasteiger partial charge in [-0.15, -0.1) is 0 Å². The molecule has 14 heavy (non-hydrogen) atoms. The zero-order valence-electron chi connectivity index (χ0n) is 9.64. The largest absolute Gasteiger partial charge is 0.356 e. The standard InChI is InChI=1S/C11H22BrNO/c1-5-10(12)6-7-13-11(14)9(4)8(2)3/h8-10H,5-7H2,1-4H3,(H,13,14). The van der Waals surface area contributed by atoms with E-state index >= 15 is 0 Å². The summed E-state index contributed by atoms with van der Waals surface area (Å²) in [5, 5.41) is 2.96. The van der Waals surface area contributed by atoms with E-state index in [0.29, 0.717) is 10.7 Å². The van der Waals surface area contributed by atoms with Crippen LogP contribution >= 0.6 is 15.9 Å². The van der Waals surface area contributed by atoms with Crippen molar-refractivity contribution in [2.24, 2.45) is 11.8 Å². The van der Waals surface area contributed by atoms with Gasteiger partial charge in [0.15, 0.2) is 0 Å². The Hall–Kier alpha value is -0.0500. The molecule has 0 aliphatic carbocycles. The highest BCUT2D eigenvalue weighted by atomic mass is 79.9. The lowest BCUT2D eigenvalue weighted by atomic mass is 9.97. The molecule has 3 heteroatoms. The van der Waals surface area contributed by atoms with E-state index in [1.807, 2.05) is 6.92 Å². The molecule has 0 aromatic carbocycles. The van der Waals surface area contributed by atoms with Crippen LogP contribution in [0.25, 0.3) is 0 Å². The first-order valence-electron chi connectivity index (χ1n) is 5.40. The molecule has 0 aromatic rings. The average Bonchev–Trinajstić information content (AvgIpc) is 2.15. The van der Waals surface area contributed by atoms with Gasteiger partial charge in [-0.3, -0.25) is 4.79 Å². The summed E-state index contributed by atoms with van der Waals surface area (Å²) in [5.74, 6) is 0.710. The number of carbonyl (C=O) groups excluding carboxylic acids is 1. The van der Waals surface area contributed by atoms with Crippen LogP contribution in [0.15, 0.2) is 0 Å². The van der Waals surface area contributed by atoms with Crippen LogP contribution in [0.3, 0.4) is 0 Å². The van der Waals surface area contributed by atoms with Crippen molar-refractivity contribution in [3.8, 4) is 0 Å². The van der Waals surface area contributed by atoms with E-state index in [1.165, 1.54) is 0 Å². The summed E-state index contributed by atoms with van der Waals surface area (Å²) in [6.07, 6.45) is 2.11. The van der Waals surface area contributed by atoms with Crippen LogP contribution in [-0.2, 0) is 4.79 Å². The van der Waals surface area contributed by atoms with Crippen LogP contribution in [0.4, 0.5) is 0 Å². The maximum absolute atomic E-state index is 11.5. The number of hydrogen-bond acceptors (Lipinski definition) is 1. The van der Waals surface area contributed by atoms with Gasteiger partial charge in [-0.25, -0.2) is 0 Å². The third kappa shape index (κ3) is 5.63. The van der Waals surface area contributed by atoms with E-state index in [2.05, 4.69) is 42.0 Å². The molecule has 0 bridgehead atoms. The molecule has 0 spiro atoms. The minimum Gasteiger partial charge on any atom is -0.356 e. The van der Waals surface area contributed by atoms with E-state index in [0.717, 1.165) is 19.4 Å². The summed E-state index contributed by atoms with van der Waals surface area (Å²) in [5.41, 5.74) is 0. The number of nitrogens with one attached hydrogen (secondary N) is 1. The molecule has 0 saturated heterocycles. The molecule has 0 rings (SSSR count). The zero-order chi connectivity index (χ0) is 11.1. The Morgan fingerprint density at radius 1 is 1.36 bits per heavy atom. The van der Waals surface area contributed by atoms with Crippen LogP contribution in [0, 0.1) is 11.8 Å². The maximum atomic E-state index is 11.5. The van der Waals surface area contributed by atoms with Crippen molar-refractivity contribution in [3.05, 3.63) is 0 Å². The summed E-state index contributed by atoms with van der Waals surface area (Å²) in [4.78, 5) is 12.1. The maximum Gasteiger partial charge on any atom is 0.223 e. The first-order chi connectivity index (χ1) is 6.49. The second kappa shape index (κ2) is 7.27. The van der Waals surface area contributed by atoms with Crippen molar-refractivity contribution in [2.75, 3.05) is 6.54 Å². The monoisotopic (exact) mass is 263 g/mol. The van der Waals surface area contributed by atoms with Gasteiger partial charge in [-0.05, 0) is 18.8 Å². The molecular weight excluding hydrogens is 242 g/mol. The number of amides is 1. The van der Waals surface area contributed by atoms with Gasteiger partial charge in [0, 0.05) is 17.3 Å². The van der Waals surface area contributed by atoms with Gasteiger partial charge in [0.05, 0.1) is 0 Å². The quantitative estimate of drug-likeness (QED) is 0.734. The predicted molar refractivity (Wildman–Crippen MR) is 64.6 cm³/mol. The lowest BCUT2D eigenvalue weighted by molar-refractivity contribution is -0.125. The van der Waals surface area contributed by atoms with Crippen molar-refractivity contribution in [3.63, 3.8) is 0 Å². The van der Waals surface area contributed by atoms with Gasteiger partial charge in [0.1, 0.15) is 0 Å². The highest BCUT2D eigenvalue weighted by molar-refractivity contribution is 9.09. The smallest absolute Gasteiger partial charge is 0.223 e. The Kier molecular flexibility index (Phi) is 7.24. The molecule has 0 aromatic heterocycles. The van der Waals surface area contributed by atoms with E-state index < -0.39 is 0 Å². The summed E-state index contributed by atoms with van der Waals surface area (Å²) < 4.78 is 0. The zero-order valence-corrected chi connectivity index (χ0v) is 11.2. The van der Waals surface area contributed by atoms with Crippen LogP contribution in [0.2, 0.25) is 0 Å². The van der Waals surface area contributed by atoms with Crippen LogP contribution in [-0.4, -0.2) is 17.3 Å². The van der Waals surface area contributed by atoms with Gasteiger partial charge in [-0.2, -0.15) is 0 Å². The van der Waals surface area contributed by atoms with Gasteiger partial charge in [0.25, 0.3) is 0 Å². The molecule has 0 fully saturated rings. The van der Waals surface area contributed by atoms with Gasteiger partial charge >= 0.3 is 0 Å². The Morgan fingerprint density at radius 2 is 1.93 bits per heavy atom. The average molecular weight is 264 g/mol. The van der Waals surface area contributed by atoms with Gasteiger partial charge in [-0.1, -0.05) is 43.6 Å². The molecule has 1 N–H and O–H groups in total. The van der Waals surface area contributed by atoms with E-state index in [-0.39, 0.29) is 11.8 Å². The third-order valence-corrected chi connectivity index (χ3v) is 3.72. The molecule has 2 nitrogen and oxygen atoms in total. The molecular formula is C11H22BrNO. The van der Waals surface area contributed by atoms with Crippen LogP contribution in [0.5, 0.6) is 0 Å². The Morgan fingerprint density at radius 3 is 2.36 bits per heavy atom. The SMILES string of the molecule is CCC(Br)CCNC(=O)C(C)C(C)C. The highest BCUT2D eigenvalue weighted by Gasteiger charge is 2.15. The fourth-order valence-corrected chi connectivity index (χ4v) is 1.25. The second-order valence-corrected chi connectivity index (χ2v) is 5.41. The molecule has 0 heterocycles. The van der Waals surface area contributed by atoms with Crippen molar-refractivity contribution in [1.29, 1.82) is 0 Å². The van der Waals surface area contributed by atoms with Crippen molar-refractivity contribution in [2.45, 2.75) is 45.4 Å². The van der Waals surface area contributed by atoms with E-state index in [4.69, 9.17) is 0 Å². The Balaban J connectivity index is 3.64. The van der Waals surface area contributed by atoms with Crippen molar-refractivity contribution in [1.82, 2.24) is 5.32 Å². The highest BCUT2D eigenvalue weighted by Crippen LogP contribution is 2.10.